The Bertz CT molecular complexity index is 507. The van der Waals surface area contributed by atoms with Crippen LogP contribution in [-0.2, 0) is 17.8 Å². The maximum atomic E-state index is 12.8. The van der Waals surface area contributed by atoms with Gasteiger partial charge in [0.1, 0.15) is 5.82 Å². The van der Waals surface area contributed by atoms with E-state index in [0.717, 1.165) is 10.4 Å². The summed E-state index contributed by atoms with van der Waals surface area (Å²) in [5.74, 6) is -0.187. The van der Waals surface area contributed by atoms with Crippen molar-refractivity contribution in [1.29, 1.82) is 0 Å². The summed E-state index contributed by atoms with van der Waals surface area (Å²) >= 11 is 1.58. The van der Waals surface area contributed by atoms with Crippen LogP contribution in [0, 0.1) is 5.82 Å². The number of hydrogen-bond donors (Lipinski definition) is 0. The van der Waals surface area contributed by atoms with E-state index in [-0.39, 0.29) is 11.7 Å². The molecule has 0 saturated heterocycles. The van der Waals surface area contributed by atoms with Crippen LogP contribution in [-0.4, -0.2) is 17.9 Å². The fourth-order valence-corrected chi connectivity index (χ4v) is 2.34. The molecule has 0 spiro atoms. The lowest BCUT2D eigenvalue weighted by atomic mass is 10.2. The summed E-state index contributed by atoms with van der Waals surface area (Å²) in [7, 11) is 1.76. The van der Waals surface area contributed by atoms with E-state index in [2.05, 4.69) is 0 Å². The maximum absolute atomic E-state index is 12.8. The minimum atomic E-state index is -0.258. The summed E-state index contributed by atoms with van der Waals surface area (Å²) in [6.45, 7) is 0.504. The zero-order valence-electron chi connectivity index (χ0n) is 10.1. The Morgan fingerprint density at radius 1 is 1.28 bits per heavy atom. The Hall–Kier alpha value is -1.68. The summed E-state index contributed by atoms with van der Waals surface area (Å²) in [5.41, 5.74) is 0.929. The van der Waals surface area contributed by atoms with Crippen LogP contribution in [0.25, 0.3) is 0 Å². The molecule has 0 radical (unpaired) electrons. The molecule has 0 aliphatic carbocycles. The smallest absolute Gasteiger partial charge is 0.227 e. The van der Waals surface area contributed by atoms with Crippen LogP contribution in [0.3, 0.4) is 0 Å². The van der Waals surface area contributed by atoms with Gasteiger partial charge in [-0.2, -0.15) is 0 Å². The molecule has 2 rings (SSSR count). The second-order valence-electron chi connectivity index (χ2n) is 4.13. The number of likely N-dealkylation sites (N-methyl/N-ethyl adjacent to an activating group) is 1. The molecule has 0 bridgehead atoms. The molecule has 2 aromatic rings. The van der Waals surface area contributed by atoms with Gasteiger partial charge in [-0.05, 0) is 29.1 Å². The molecule has 0 atom stereocenters. The van der Waals surface area contributed by atoms with Gasteiger partial charge in [0.2, 0.25) is 5.91 Å². The minimum absolute atomic E-state index is 0.0711. The van der Waals surface area contributed by atoms with Crippen molar-refractivity contribution in [2.45, 2.75) is 13.0 Å². The number of rotatable bonds is 4. The fraction of sp³-hybridized carbons (Fsp3) is 0.214. The third kappa shape index (κ3) is 3.40. The number of carbonyl (C=O) groups excluding carboxylic acids is 1. The van der Waals surface area contributed by atoms with Crippen molar-refractivity contribution in [2.24, 2.45) is 0 Å². The number of hydrogen-bond acceptors (Lipinski definition) is 2. The largest absolute Gasteiger partial charge is 0.341 e. The predicted molar refractivity (Wildman–Crippen MR) is 70.9 cm³/mol. The first kappa shape index (κ1) is 12.8. The van der Waals surface area contributed by atoms with Crippen LogP contribution in [0.2, 0.25) is 0 Å². The second kappa shape index (κ2) is 5.78. The Balaban J connectivity index is 1.93. The number of amides is 1. The Morgan fingerprint density at radius 3 is 2.61 bits per heavy atom. The lowest BCUT2D eigenvalue weighted by Gasteiger charge is -2.16. The molecule has 1 aromatic carbocycles. The third-order valence-corrected chi connectivity index (χ3v) is 3.54. The van der Waals surface area contributed by atoms with E-state index >= 15 is 0 Å². The number of nitrogens with zero attached hydrogens (tertiary/aromatic N) is 1. The molecule has 18 heavy (non-hydrogen) atoms. The van der Waals surface area contributed by atoms with Crippen LogP contribution < -0.4 is 0 Å². The van der Waals surface area contributed by atoms with Crippen LogP contribution in [0.15, 0.2) is 41.8 Å². The monoisotopic (exact) mass is 263 g/mol. The molecule has 1 aromatic heterocycles. The van der Waals surface area contributed by atoms with Gasteiger partial charge in [0.15, 0.2) is 0 Å². The molecule has 0 aliphatic rings. The first-order valence-corrected chi connectivity index (χ1v) is 6.54. The normalized spacial score (nSPS) is 10.3. The van der Waals surface area contributed by atoms with E-state index in [1.165, 1.54) is 12.1 Å². The number of carbonyl (C=O) groups is 1. The first-order chi connectivity index (χ1) is 8.65. The Morgan fingerprint density at radius 2 is 2.00 bits per heavy atom. The highest BCUT2D eigenvalue weighted by Gasteiger charge is 2.10. The molecule has 1 amide bonds. The molecule has 94 valence electrons. The van der Waals surface area contributed by atoms with Gasteiger partial charge >= 0.3 is 0 Å². The van der Waals surface area contributed by atoms with E-state index in [0.29, 0.717) is 13.0 Å². The molecule has 0 aliphatic heterocycles. The predicted octanol–water partition coefficient (Wildman–Crippen LogP) is 3.09. The van der Waals surface area contributed by atoms with E-state index in [9.17, 15) is 9.18 Å². The zero-order chi connectivity index (χ0) is 13.0. The van der Waals surface area contributed by atoms with Crippen LogP contribution in [0.5, 0.6) is 0 Å². The topological polar surface area (TPSA) is 20.3 Å². The van der Waals surface area contributed by atoms with E-state index in [1.807, 2.05) is 17.5 Å². The van der Waals surface area contributed by atoms with E-state index in [1.54, 1.807) is 35.4 Å². The van der Waals surface area contributed by atoms with Crippen molar-refractivity contribution >= 4 is 17.2 Å². The van der Waals surface area contributed by atoms with E-state index < -0.39 is 0 Å². The van der Waals surface area contributed by atoms with Gasteiger partial charge < -0.3 is 4.90 Å². The van der Waals surface area contributed by atoms with Crippen LogP contribution >= 0.6 is 11.3 Å². The maximum Gasteiger partial charge on any atom is 0.227 e. The highest BCUT2D eigenvalue weighted by atomic mass is 32.1. The molecule has 2 nitrogen and oxygen atoms in total. The van der Waals surface area contributed by atoms with Crippen molar-refractivity contribution in [3.63, 3.8) is 0 Å². The third-order valence-electron chi connectivity index (χ3n) is 2.66. The summed E-state index contributed by atoms with van der Waals surface area (Å²) in [6.07, 6.45) is 0.426. The molecule has 0 saturated carbocycles. The standard InChI is InChI=1S/C14H14FNOS/c1-16(10-11-4-6-12(15)7-5-11)14(17)9-13-3-2-8-18-13/h2-8H,9-10H2,1H3. The summed E-state index contributed by atoms with van der Waals surface area (Å²) in [6, 6.07) is 10.1. The SMILES string of the molecule is CN(Cc1ccc(F)cc1)C(=O)Cc1cccs1. The lowest BCUT2D eigenvalue weighted by molar-refractivity contribution is -0.129. The number of halogens is 1. The van der Waals surface area contributed by atoms with Crippen molar-refractivity contribution in [3.05, 3.63) is 58.0 Å². The molecule has 4 heteroatoms. The lowest BCUT2D eigenvalue weighted by Crippen LogP contribution is -2.27. The fourth-order valence-electron chi connectivity index (χ4n) is 1.65. The second-order valence-corrected chi connectivity index (χ2v) is 5.16. The zero-order valence-corrected chi connectivity index (χ0v) is 10.9. The van der Waals surface area contributed by atoms with Crippen molar-refractivity contribution in [3.8, 4) is 0 Å². The minimum Gasteiger partial charge on any atom is -0.341 e. The van der Waals surface area contributed by atoms with Crippen LogP contribution in [0.1, 0.15) is 10.4 Å². The van der Waals surface area contributed by atoms with Crippen molar-refractivity contribution in [1.82, 2.24) is 4.90 Å². The first-order valence-electron chi connectivity index (χ1n) is 5.66. The molecular weight excluding hydrogens is 249 g/mol. The summed E-state index contributed by atoms with van der Waals surface area (Å²) < 4.78 is 12.8. The molecule has 1 heterocycles. The van der Waals surface area contributed by atoms with Gasteiger partial charge in [-0.1, -0.05) is 18.2 Å². The quantitative estimate of drug-likeness (QED) is 0.830. The van der Waals surface area contributed by atoms with Crippen molar-refractivity contribution < 1.29 is 9.18 Å². The van der Waals surface area contributed by atoms with E-state index in [4.69, 9.17) is 0 Å². The molecule has 0 fully saturated rings. The highest BCUT2D eigenvalue weighted by Crippen LogP contribution is 2.12. The summed E-state index contributed by atoms with van der Waals surface area (Å²) in [5, 5.41) is 1.96. The average molecular weight is 263 g/mol. The van der Waals surface area contributed by atoms with Gasteiger partial charge in [0.25, 0.3) is 0 Å². The van der Waals surface area contributed by atoms with Crippen LogP contribution in [0.4, 0.5) is 4.39 Å². The molecule has 0 N–H and O–H groups in total. The van der Waals surface area contributed by atoms with Gasteiger partial charge in [0, 0.05) is 18.5 Å². The van der Waals surface area contributed by atoms with Gasteiger partial charge in [-0.25, -0.2) is 4.39 Å². The Kier molecular flexibility index (Phi) is 4.10. The van der Waals surface area contributed by atoms with Crippen molar-refractivity contribution in [2.75, 3.05) is 7.05 Å². The van der Waals surface area contributed by atoms with Gasteiger partial charge in [-0.3, -0.25) is 4.79 Å². The average Bonchev–Trinajstić information content (AvgIpc) is 2.85. The molecule has 0 unspecified atom stereocenters. The highest BCUT2D eigenvalue weighted by molar-refractivity contribution is 7.10. The molecular formula is C14H14FNOS. The van der Waals surface area contributed by atoms with Gasteiger partial charge in [-0.15, -0.1) is 11.3 Å². The summed E-state index contributed by atoms with van der Waals surface area (Å²) in [4.78, 5) is 14.7. The number of thiophene rings is 1. The Labute approximate surface area is 110 Å². The number of benzene rings is 1. The van der Waals surface area contributed by atoms with Gasteiger partial charge in [0.05, 0.1) is 6.42 Å².